The van der Waals surface area contributed by atoms with Crippen molar-refractivity contribution in [2.75, 3.05) is 0 Å². The molecule has 0 saturated carbocycles. The average molecular weight is 354 g/mol. The molecule has 0 aliphatic heterocycles. The smallest absolute Gasteiger partial charge is 0.303 e. The zero-order chi connectivity index (χ0) is 18.8. The molecule has 4 heteroatoms. The second-order valence-corrected chi connectivity index (χ2v) is 6.63. The minimum absolute atomic E-state index is 0.216. The topological polar surface area (TPSA) is 74.6 Å². The van der Waals surface area contributed by atoms with Gasteiger partial charge < -0.3 is 10.2 Å². The Kier molecular flexibility index (Phi) is 7.87. The van der Waals surface area contributed by atoms with E-state index < -0.39 is 11.9 Å². The number of rotatable bonds is 11. The van der Waals surface area contributed by atoms with Crippen molar-refractivity contribution in [3.05, 3.63) is 70.8 Å². The fourth-order valence-corrected chi connectivity index (χ4v) is 2.92. The maximum Gasteiger partial charge on any atom is 0.303 e. The quantitative estimate of drug-likeness (QED) is 0.631. The molecule has 0 unspecified atom stereocenters. The number of carbonyl (C=O) groups is 2. The predicted molar refractivity (Wildman–Crippen MR) is 101 cm³/mol. The Labute approximate surface area is 154 Å². The van der Waals surface area contributed by atoms with Crippen LogP contribution >= 0.6 is 0 Å². The molecule has 0 fully saturated rings. The maximum absolute atomic E-state index is 10.5. The summed E-state index contributed by atoms with van der Waals surface area (Å²) in [5.41, 5.74) is 4.91. The van der Waals surface area contributed by atoms with Gasteiger partial charge in [0.1, 0.15) is 0 Å². The Morgan fingerprint density at radius 1 is 0.538 bits per heavy atom. The lowest BCUT2D eigenvalue weighted by Crippen LogP contribution is -1.97. The normalized spacial score (nSPS) is 10.6. The van der Waals surface area contributed by atoms with Gasteiger partial charge in [-0.1, -0.05) is 48.5 Å². The van der Waals surface area contributed by atoms with Gasteiger partial charge in [-0.15, -0.1) is 0 Å². The molecule has 0 radical (unpaired) electrons. The SMILES string of the molecule is O=C(O)CCCc1ccc(CCc2ccc(CCCC(=O)O)cc2)cc1. The number of carboxylic acid groups (broad SMARTS) is 2. The van der Waals surface area contributed by atoms with Gasteiger partial charge in [-0.2, -0.15) is 0 Å². The van der Waals surface area contributed by atoms with E-state index in [1.165, 1.54) is 22.3 Å². The minimum Gasteiger partial charge on any atom is -0.481 e. The van der Waals surface area contributed by atoms with E-state index in [1.807, 2.05) is 0 Å². The third kappa shape index (κ3) is 7.51. The van der Waals surface area contributed by atoms with Crippen molar-refractivity contribution in [1.29, 1.82) is 0 Å². The van der Waals surface area contributed by atoms with Crippen LogP contribution in [0.3, 0.4) is 0 Å². The zero-order valence-electron chi connectivity index (χ0n) is 15.0. The number of aryl methyl sites for hydroxylation is 4. The van der Waals surface area contributed by atoms with E-state index in [9.17, 15) is 9.59 Å². The molecule has 138 valence electrons. The van der Waals surface area contributed by atoms with Crippen LogP contribution in [0.4, 0.5) is 0 Å². The van der Waals surface area contributed by atoms with Crippen LogP contribution in [0.25, 0.3) is 0 Å². The molecule has 0 amide bonds. The zero-order valence-corrected chi connectivity index (χ0v) is 15.0. The monoisotopic (exact) mass is 354 g/mol. The van der Waals surface area contributed by atoms with Gasteiger partial charge >= 0.3 is 11.9 Å². The Morgan fingerprint density at radius 3 is 1.08 bits per heavy atom. The van der Waals surface area contributed by atoms with E-state index in [4.69, 9.17) is 10.2 Å². The highest BCUT2D eigenvalue weighted by atomic mass is 16.4. The number of carboxylic acids is 2. The van der Waals surface area contributed by atoms with Crippen LogP contribution in [0.2, 0.25) is 0 Å². The molecule has 0 atom stereocenters. The molecule has 2 rings (SSSR count). The van der Waals surface area contributed by atoms with Crippen molar-refractivity contribution >= 4 is 11.9 Å². The first-order valence-electron chi connectivity index (χ1n) is 9.12. The summed E-state index contributed by atoms with van der Waals surface area (Å²) in [4.78, 5) is 21.1. The molecule has 2 aromatic carbocycles. The van der Waals surface area contributed by atoms with Gasteiger partial charge in [0.25, 0.3) is 0 Å². The van der Waals surface area contributed by atoms with E-state index in [2.05, 4.69) is 48.5 Å². The molecule has 0 spiro atoms. The fourth-order valence-electron chi connectivity index (χ4n) is 2.92. The van der Waals surface area contributed by atoms with Gasteiger partial charge in [0.15, 0.2) is 0 Å². The molecule has 0 aliphatic rings. The summed E-state index contributed by atoms with van der Waals surface area (Å²) in [5, 5.41) is 17.3. The molecule has 4 nitrogen and oxygen atoms in total. The number of benzene rings is 2. The molecule has 0 saturated heterocycles. The first-order valence-corrected chi connectivity index (χ1v) is 9.12. The predicted octanol–water partition coefficient (Wildman–Crippen LogP) is 4.29. The summed E-state index contributed by atoms with van der Waals surface area (Å²) >= 11 is 0. The Morgan fingerprint density at radius 2 is 0.808 bits per heavy atom. The number of aliphatic carboxylic acids is 2. The summed E-state index contributed by atoms with van der Waals surface area (Å²) in [7, 11) is 0. The summed E-state index contributed by atoms with van der Waals surface area (Å²) in [6, 6.07) is 16.8. The molecule has 0 bridgehead atoms. The lowest BCUT2D eigenvalue weighted by molar-refractivity contribution is -0.138. The number of hydrogen-bond donors (Lipinski definition) is 2. The van der Waals surface area contributed by atoms with Crippen molar-refractivity contribution < 1.29 is 19.8 Å². The van der Waals surface area contributed by atoms with Gasteiger partial charge in [-0.05, 0) is 60.8 Å². The van der Waals surface area contributed by atoms with Crippen LogP contribution in [0.5, 0.6) is 0 Å². The van der Waals surface area contributed by atoms with E-state index >= 15 is 0 Å². The average Bonchev–Trinajstić information content (AvgIpc) is 2.61. The summed E-state index contributed by atoms with van der Waals surface area (Å²) < 4.78 is 0. The number of hydrogen-bond acceptors (Lipinski definition) is 2. The van der Waals surface area contributed by atoms with Crippen molar-refractivity contribution in [3.8, 4) is 0 Å². The Hall–Kier alpha value is -2.62. The second kappa shape index (κ2) is 10.4. The fraction of sp³-hybridized carbons (Fsp3) is 0.364. The third-order valence-electron chi connectivity index (χ3n) is 4.46. The Balaban J connectivity index is 1.75. The van der Waals surface area contributed by atoms with Crippen molar-refractivity contribution in [3.63, 3.8) is 0 Å². The molecular formula is C22H26O4. The maximum atomic E-state index is 10.5. The van der Waals surface area contributed by atoms with Gasteiger partial charge in [0.2, 0.25) is 0 Å². The standard InChI is InChI=1S/C22H26O4/c23-21(24)5-1-3-17-7-11-19(12-8-17)15-16-20-13-9-18(10-14-20)4-2-6-22(25)26/h7-14H,1-6,15-16H2,(H,23,24)(H,25,26). The lowest BCUT2D eigenvalue weighted by Gasteiger charge is -2.06. The van der Waals surface area contributed by atoms with Crippen molar-refractivity contribution in [2.45, 2.75) is 51.4 Å². The highest BCUT2D eigenvalue weighted by molar-refractivity contribution is 5.66. The summed E-state index contributed by atoms with van der Waals surface area (Å²) in [5.74, 6) is -1.48. The summed E-state index contributed by atoms with van der Waals surface area (Å²) in [6.07, 6.45) is 5.32. The molecule has 0 aromatic heterocycles. The largest absolute Gasteiger partial charge is 0.481 e. The first-order chi connectivity index (χ1) is 12.5. The van der Waals surface area contributed by atoms with E-state index in [0.29, 0.717) is 12.8 Å². The third-order valence-corrected chi connectivity index (χ3v) is 4.46. The minimum atomic E-state index is -0.741. The molecule has 2 N–H and O–H groups in total. The van der Waals surface area contributed by atoms with Crippen LogP contribution in [0.1, 0.15) is 47.9 Å². The van der Waals surface area contributed by atoms with Crippen molar-refractivity contribution in [2.24, 2.45) is 0 Å². The van der Waals surface area contributed by atoms with Gasteiger partial charge in [0, 0.05) is 12.8 Å². The summed E-state index contributed by atoms with van der Waals surface area (Å²) in [6.45, 7) is 0. The van der Waals surface area contributed by atoms with E-state index in [0.717, 1.165) is 25.7 Å². The molecular weight excluding hydrogens is 328 g/mol. The van der Waals surface area contributed by atoms with Crippen LogP contribution in [-0.4, -0.2) is 22.2 Å². The van der Waals surface area contributed by atoms with Crippen LogP contribution in [0.15, 0.2) is 48.5 Å². The van der Waals surface area contributed by atoms with Gasteiger partial charge in [0.05, 0.1) is 0 Å². The van der Waals surface area contributed by atoms with Crippen LogP contribution in [0, 0.1) is 0 Å². The van der Waals surface area contributed by atoms with Gasteiger partial charge in [-0.3, -0.25) is 9.59 Å². The van der Waals surface area contributed by atoms with Crippen LogP contribution < -0.4 is 0 Å². The highest BCUT2D eigenvalue weighted by Crippen LogP contribution is 2.13. The Bertz CT molecular complexity index is 638. The van der Waals surface area contributed by atoms with Crippen molar-refractivity contribution in [1.82, 2.24) is 0 Å². The van der Waals surface area contributed by atoms with Crippen LogP contribution in [-0.2, 0) is 35.3 Å². The molecule has 2 aromatic rings. The molecule has 26 heavy (non-hydrogen) atoms. The van der Waals surface area contributed by atoms with E-state index in [1.54, 1.807) is 0 Å². The first kappa shape index (κ1) is 19.7. The molecule has 0 aliphatic carbocycles. The lowest BCUT2D eigenvalue weighted by atomic mass is 10.00. The van der Waals surface area contributed by atoms with E-state index in [-0.39, 0.29) is 12.8 Å². The second-order valence-electron chi connectivity index (χ2n) is 6.63. The van der Waals surface area contributed by atoms with Gasteiger partial charge in [-0.25, -0.2) is 0 Å². The molecule has 0 heterocycles. The highest BCUT2D eigenvalue weighted by Gasteiger charge is 2.01.